The minimum Gasteiger partial charge on any atom is -0.481 e. The molecule has 4 aliphatic carbocycles. The van der Waals surface area contributed by atoms with Gasteiger partial charge in [-0.1, -0.05) is 85.6 Å². The maximum atomic E-state index is 14.1. The third-order valence-corrected chi connectivity index (χ3v) is 16.6. The number of aliphatic hydroxyl groups is 1. The Morgan fingerprint density at radius 1 is 0.493 bits per heavy atom. The number of urea groups is 2. The fourth-order valence-corrected chi connectivity index (χ4v) is 13.3. The van der Waals surface area contributed by atoms with Gasteiger partial charge in [-0.25, -0.2) is 9.59 Å². The molecule has 14 heteroatoms. The predicted octanol–water partition coefficient (Wildman–Crippen LogP) is 8.99. The Hall–Kier alpha value is -6.54. The van der Waals surface area contributed by atoms with Crippen LogP contribution in [0.25, 0.3) is 0 Å². The molecule has 0 radical (unpaired) electrons. The fraction of sp³-hybridized carbons (Fsp3) is 0.474. The van der Waals surface area contributed by atoms with E-state index in [4.69, 9.17) is 10.2 Å². The van der Waals surface area contributed by atoms with E-state index in [9.17, 15) is 28.8 Å². The normalized spacial score (nSPS) is 24.4. The molecule has 8 aliphatic rings. The highest BCUT2D eigenvalue weighted by Crippen LogP contribution is 2.55. The Kier molecular flexibility index (Phi) is 12.9. The molecule has 2 N–H and O–H groups in total. The van der Waals surface area contributed by atoms with Crippen LogP contribution in [0.15, 0.2) is 97.1 Å². The Bertz CT molecular complexity index is 2740. The van der Waals surface area contributed by atoms with Crippen molar-refractivity contribution in [2.75, 3.05) is 39.3 Å². The van der Waals surface area contributed by atoms with Gasteiger partial charge in [0.05, 0.1) is 29.9 Å². The van der Waals surface area contributed by atoms with E-state index in [0.29, 0.717) is 13.1 Å². The monoisotopic (exact) mass is 960 g/mol. The van der Waals surface area contributed by atoms with Gasteiger partial charge in [0.15, 0.2) is 5.78 Å². The fourth-order valence-electron chi connectivity index (χ4n) is 13.3. The van der Waals surface area contributed by atoms with Crippen molar-refractivity contribution in [3.8, 4) is 0 Å². The van der Waals surface area contributed by atoms with Crippen molar-refractivity contribution in [3.05, 3.63) is 119 Å². The number of carbonyl (C=O) groups excluding carboxylic acids is 5. The number of benzene rings is 4. The maximum absolute atomic E-state index is 14.1. The predicted molar refractivity (Wildman–Crippen MR) is 269 cm³/mol. The van der Waals surface area contributed by atoms with Crippen LogP contribution < -0.4 is 19.6 Å². The molecule has 370 valence electrons. The Morgan fingerprint density at radius 2 is 0.901 bits per heavy atom. The molecule has 0 aromatic heterocycles. The lowest BCUT2D eigenvalue weighted by atomic mass is 9.81. The van der Waals surface area contributed by atoms with E-state index in [2.05, 4.69) is 24.3 Å². The summed E-state index contributed by atoms with van der Waals surface area (Å²) in [6, 6.07) is 32.7. The molecule has 4 fully saturated rings. The van der Waals surface area contributed by atoms with Crippen molar-refractivity contribution in [2.24, 2.45) is 11.8 Å². The standard InChI is InChI=1S/C29H33N3O4.C28H31N3O4/c33-18-21(34)14-15-27(35)31(20-12-13-20)28-22-7-2-4-10-25(22)32(26-11-5-8-23(26)28)29(36)30-17-16-19-6-1-3-9-24(19)30;32-25(14-15-26(33)34)30(19-12-13-19)27-20-7-2-4-10-23(20)31(24-11-5-8-21(24)27)28(35)29-17-16-18-6-1-3-9-22(18)29/h1-4,6-7,9-10,20,23,26,28,33H,5,8,11-18H2;1-4,6-7,9-10,19,21,24,27H,5,8,11-17H2,(H,33,34). The number of nitrogens with zero attached hydrogens (tertiary/aromatic N) is 6. The highest BCUT2D eigenvalue weighted by molar-refractivity contribution is 6.07. The van der Waals surface area contributed by atoms with Gasteiger partial charge in [0.1, 0.15) is 6.61 Å². The van der Waals surface area contributed by atoms with Gasteiger partial charge in [0.25, 0.3) is 0 Å². The number of aliphatic hydroxyl groups excluding tert-OH is 1. The minimum atomic E-state index is -0.945. The Balaban J connectivity index is 0.000000154. The van der Waals surface area contributed by atoms with Crippen LogP contribution in [0, 0.1) is 11.8 Å². The number of para-hydroxylation sites is 4. The zero-order valence-corrected chi connectivity index (χ0v) is 40.3. The summed E-state index contributed by atoms with van der Waals surface area (Å²) in [5.41, 5.74) is 8.27. The number of hydrogen-bond donors (Lipinski definition) is 2. The second kappa shape index (κ2) is 19.6. The molecular weight excluding hydrogens is 897 g/mol. The van der Waals surface area contributed by atoms with Crippen molar-refractivity contribution in [3.63, 3.8) is 0 Å². The average Bonchev–Trinajstić information content (AvgIpc) is 4.16. The molecule has 4 heterocycles. The number of carbonyl (C=O) groups is 6. The van der Waals surface area contributed by atoms with E-state index in [1.165, 1.54) is 11.1 Å². The number of carboxylic acid groups (broad SMARTS) is 1. The van der Waals surface area contributed by atoms with Crippen molar-refractivity contribution >= 4 is 58.4 Å². The van der Waals surface area contributed by atoms with Crippen molar-refractivity contribution in [1.29, 1.82) is 0 Å². The molecule has 71 heavy (non-hydrogen) atoms. The first-order valence-electron chi connectivity index (χ1n) is 26.1. The summed E-state index contributed by atoms with van der Waals surface area (Å²) in [6.45, 7) is 0.840. The minimum absolute atomic E-state index is 0.0157. The number of Topliss-reactive ketones (excluding diaryl/α,β-unsaturated/α-hetero) is 1. The first-order valence-corrected chi connectivity index (χ1v) is 26.1. The lowest BCUT2D eigenvalue weighted by molar-refractivity contribution is -0.142. The summed E-state index contributed by atoms with van der Waals surface area (Å²) in [4.78, 5) is 90.0. The molecule has 4 aromatic carbocycles. The number of hydrogen-bond acceptors (Lipinski definition) is 7. The lowest BCUT2D eigenvalue weighted by Crippen LogP contribution is -2.56. The van der Waals surface area contributed by atoms with Crippen LogP contribution in [0.1, 0.15) is 124 Å². The van der Waals surface area contributed by atoms with Gasteiger partial charge in [0, 0.05) is 79.7 Å². The molecule has 0 spiro atoms. The third kappa shape index (κ3) is 8.76. The SMILES string of the molecule is O=C(CO)CCC(=O)N(C1CC1)C1c2ccccc2N(C(=O)N2CCc3ccccc32)C2CCCC21.O=C(O)CCC(=O)N(C1CC1)C1c2ccccc2N(C(=O)N2CCc3ccccc32)C2CCCC21. The van der Waals surface area contributed by atoms with Crippen LogP contribution in [0.3, 0.4) is 0 Å². The molecule has 4 aliphatic heterocycles. The molecule has 6 unspecified atom stereocenters. The third-order valence-electron chi connectivity index (χ3n) is 16.6. The molecule has 4 aromatic rings. The number of fused-ring (bicyclic) bond motifs is 6. The van der Waals surface area contributed by atoms with Crippen LogP contribution >= 0.6 is 0 Å². The van der Waals surface area contributed by atoms with Crippen molar-refractivity contribution in [2.45, 2.75) is 139 Å². The number of rotatable bonds is 11. The lowest BCUT2D eigenvalue weighted by Gasteiger charge is -2.48. The quantitative estimate of drug-likeness (QED) is 0.151. The van der Waals surface area contributed by atoms with Gasteiger partial charge in [-0.05, 0) is 111 Å². The van der Waals surface area contributed by atoms with E-state index in [1.807, 2.05) is 102 Å². The van der Waals surface area contributed by atoms with Gasteiger partial charge in [-0.3, -0.25) is 38.8 Å². The summed E-state index contributed by atoms with van der Waals surface area (Å²) in [5.74, 6) is -1.02. The van der Waals surface area contributed by atoms with Crippen molar-refractivity contribution < 1.29 is 39.0 Å². The molecule has 14 nitrogen and oxygen atoms in total. The summed E-state index contributed by atoms with van der Waals surface area (Å²) < 4.78 is 0. The zero-order valence-electron chi connectivity index (χ0n) is 40.3. The van der Waals surface area contributed by atoms with Crippen LogP contribution in [0.2, 0.25) is 0 Å². The largest absolute Gasteiger partial charge is 0.481 e. The molecule has 4 saturated carbocycles. The Labute approximate surface area is 415 Å². The first-order chi connectivity index (χ1) is 34.6. The first kappa shape index (κ1) is 46.8. The average molecular weight is 961 g/mol. The van der Waals surface area contributed by atoms with Gasteiger partial charge >= 0.3 is 18.0 Å². The number of carboxylic acids is 1. The molecule has 0 saturated heterocycles. The van der Waals surface area contributed by atoms with E-state index < -0.39 is 12.6 Å². The van der Waals surface area contributed by atoms with Gasteiger partial charge in [0.2, 0.25) is 11.8 Å². The van der Waals surface area contributed by atoms with Gasteiger partial charge in [-0.15, -0.1) is 0 Å². The highest BCUT2D eigenvalue weighted by Gasteiger charge is 2.54. The molecule has 6 atom stereocenters. The number of ketones is 1. The summed E-state index contributed by atoms with van der Waals surface area (Å²) >= 11 is 0. The topological polar surface area (TPSA) is 162 Å². The smallest absolute Gasteiger partial charge is 0.329 e. The van der Waals surface area contributed by atoms with Crippen LogP contribution in [-0.4, -0.2) is 99.5 Å². The zero-order chi connectivity index (χ0) is 48.9. The molecule has 6 amide bonds. The highest BCUT2D eigenvalue weighted by atomic mass is 16.4. The van der Waals surface area contributed by atoms with E-state index in [1.54, 1.807) is 0 Å². The number of aliphatic carboxylic acids is 1. The van der Waals surface area contributed by atoms with E-state index in [0.717, 1.165) is 111 Å². The van der Waals surface area contributed by atoms with Crippen LogP contribution in [0.4, 0.5) is 32.3 Å². The Morgan fingerprint density at radius 3 is 1.32 bits per heavy atom. The molecule has 0 bridgehead atoms. The van der Waals surface area contributed by atoms with Crippen molar-refractivity contribution in [1.82, 2.24) is 9.80 Å². The summed E-state index contributed by atoms with van der Waals surface area (Å²) in [6.07, 6.45) is 11.5. The van der Waals surface area contributed by atoms with Crippen LogP contribution in [-0.2, 0) is 32.0 Å². The van der Waals surface area contributed by atoms with Gasteiger partial charge in [-0.2, -0.15) is 0 Å². The number of amides is 6. The van der Waals surface area contributed by atoms with Gasteiger partial charge < -0.3 is 20.0 Å². The second-order valence-electron chi connectivity index (χ2n) is 20.9. The van der Waals surface area contributed by atoms with E-state index >= 15 is 0 Å². The van der Waals surface area contributed by atoms with E-state index in [-0.39, 0.29) is 103 Å². The second-order valence-corrected chi connectivity index (χ2v) is 20.9. The summed E-state index contributed by atoms with van der Waals surface area (Å²) in [7, 11) is 0. The number of anilines is 4. The maximum Gasteiger partial charge on any atom is 0.329 e. The molecular formula is C57H64N6O8. The molecule has 12 rings (SSSR count). The summed E-state index contributed by atoms with van der Waals surface area (Å²) in [5, 5.41) is 18.3. The van der Waals surface area contributed by atoms with Crippen LogP contribution in [0.5, 0.6) is 0 Å².